The molecule has 0 aliphatic heterocycles. The van der Waals surface area contributed by atoms with E-state index in [1.165, 1.54) is 6.08 Å². The quantitative estimate of drug-likeness (QED) is 0.325. The van der Waals surface area contributed by atoms with Crippen LogP contribution in [0.15, 0.2) is 35.9 Å². The van der Waals surface area contributed by atoms with Crippen molar-refractivity contribution in [3.8, 4) is 0 Å². The largest absolute Gasteiger partial charge is 0.461 e. The van der Waals surface area contributed by atoms with E-state index in [1.54, 1.807) is 52.0 Å². The topological polar surface area (TPSA) is 95.7 Å². The fourth-order valence-corrected chi connectivity index (χ4v) is 1.99. The third-order valence-electron chi connectivity index (χ3n) is 3.03. The SMILES string of the molecule is CCOC(=O)C(C/C(=C/c1ccccc1)C(=O)OC(C)(C)C)[N+](=O)[O-]. The van der Waals surface area contributed by atoms with Crippen LogP contribution in [0.2, 0.25) is 0 Å². The second kappa shape index (κ2) is 8.96. The number of nitrogens with zero attached hydrogens (tertiary/aromatic N) is 1. The average molecular weight is 349 g/mol. The first-order valence-electron chi connectivity index (χ1n) is 7.93. The van der Waals surface area contributed by atoms with Crippen molar-refractivity contribution in [1.82, 2.24) is 0 Å². The smallest absolute Gasteiger partial charge is 0.382 e. The first-order chi connectivity index (χ1) is 11.6. The van der Waals surface area contributed by atoms with E-state index < -0.39 is 34.9 Å². The van der Waals surface area contributed by atoms with E-state index >= 15 is 0 Å². The van der Waals surface area contributed by atoms with Crippen molar-refractivity contribution in [2.75, 3.05) is 6.61 Å². The Labute approximate surface area is 146 Å². The average Bonchev–Trinajstić information content (AvgIpc) is 2.50. The number of ether oxygens (including phenoxy) is 2. The van der Waals surface area contributed by atoms with Crippen LogP contribution in [-0.4, -0.2) is 35.1 Å². The van der Waals surface area contributed by atoms with Gasteiger partial charge in [-0.2, -0.15) is 0 Å². The van der Waals surface area contributed by atoms with Crippen LogP contribution in [0.5, 0.6) is 0 Å². The third kappa shape index (κ3) is 7.15. The highest BCUT2D eigenvalue weighted by atomic mass is 16.6. The van der Waals surface area contributed by atoms with Crippen LogP contribution in [0, 0.1) is 10.1 Å². The van der Waals surface area contributed by atoms with Gasteiger partial charge in [0.15, 0.2) is 0 Å². The van der Waals surface area contributed by atoms with Gasteiger partial charge in [-0.25, -0.2) is 9.59 Å². The Morgan fingerprint density at radius 3 is 2.32 bits per heavy atom. The molecule has 7 nitrogen and oxygen atoms in total. The monoisotopic (exact) mass is 349 g/mol. The summed E-state index contributed by atoms with van der Waals surface area (Å²) in [5, 5.41) is 11.2. The molecule has 0 saturated heterocycles. The molecule has 1 aromatic carbocycles. The Hall–Kier alpha value is -2.70. The first kappa shape index (κ1) is 20.3. The predicted octanol–water partition coefficient (Wildman–Crippen LogP) is 3.01. The Morgan fingerprint density at radius 2 is 1.84 bits per heavy atom. The summed E-state index contributed by atoms with van der Waals surface area (Å²) in [7, 11) is 0. The van der Waals surface area contributed by atoms with E-state index in [-0.39, 0.29) is 12.2 Å². The van der Waals surface area contributed by atoms with Gasteiger partial charge in [-0.3, -0.25) is 10.1 Å². The van der Waals surface area contributed by atoms with E-state index in [9.17, 15) is 19.7 Å². The van der Waals surface area contributed by atoms with Crippen LogP contribution in [0.1, 0.15) is 39.7 Å². The maximum Gasteiger partial charge on any atom is 0.382 e. The van der Waals surface area contributed by atoms with Crippen molar-refractivity contribution < 1.29 is 24.0 Å². The molecule has 0 saturated carbocycles. The number of benzene rings is 1. The molecule has 0 aromatic heterocycles. The minimum Gasteiger partial charge on any atom is -0.461 e. The summed E-state index contributed by atoms with van der Waals surface area (Å²) < 4.78 is 10.0. The third-order valence-corrected chi connectivity index (χ3v) is 3.03. The lowest BCUT2D eigenvalue weighted by Gasteiger charge is -2.21. The zero-order chi connectivity index (χ0) is 19.0. The molecule has 0 radical (unpaired) electrons. The van der Waals surface area contributed by atoms with Crippen LogP contribution in [0.25, 0.3) is 6.08 Å². The molecule has 0 bridgehead atoms. The zero-order valence-electron chi connectivity index (χ0n) is 14.9. The normalized spacial score (nSPS) is 13.0. The van der Waals surface area contributed by atoms with Crippen molar-refractivity contribution in [2.24, 2.45) is 0 Å². The number of carbonyl (C=O) groups excluding carboxylic acids is 2. The number of esters is 2. The van der Waals surface area contributed by atoms with Gasteiger partial charge in [0.25, 0.3) is 0 Å². The summed E-state index contributed by atoms with van der Waals surface area (Å²) in [6.07, 6.45) is 1.08. The van der Waals surface area contributed by atoms with E-state index in [4.69, 9.17) is 9.47 Å². The first-order valence-corrected chi connectivity index (χ1v) is 7.93. The molecule has 0 fully saturated rings. The summed E-state index contributed by atoms with van der Waals surface area (Å²) in [4.78, 5) is 34.8. The molecule has 0 heterocycles. The van der Waals surface area contributed by atoms with Crippen LogP contribution in [0.3, 0.4) is 0 Å². The molecule has 1 atom stereocenters. The molecular formula is C18H23NO6. The van der Waals surface area contributed by atoms with Crippen LogP contribution < -0.4 is 0 Å². The number of hydrogen-bond donors (Lipinski definition) is 0. The standard InChI is InChI=1S/C18H23NO6/c1-5-24-17(21)15(19(22)23)12-14(16(20)25-18(2,3)4)11-13-9-7-6-8-10-13/h6-11,15H,5,12H2,1-4H3/b14-11-. The van der Waals surface area contributed by atoms with Gasteiger partial charge in [-0.1, -0.05) is 30.3 Å². The molecule has 0 N–H and O–H groups in total. The Bertz CT molecular complexity index is 645. The molecule has 1 unspecified atom stereocenters. The van der Waals surface area contributed by atoms with Gasteiger partial charge in [0.05, 0.1) is 13.0 Å². The Balaban J connectivity index is 3.17. The van der Waals surface area contributed by atoms with Crippen molar-refractivity contribution in [1.29, 1.82) is 0 Å². The Morgan fingerprint density at radius 1 is 1.24 bits per heavy atom. The van der Waals surface area contributed by atoms with E-state index in [2.05, 4.69) is 0 Å². The van der Waals surface area contributed by atoms with Crippen LogP contribution in [0.4, 0.5) is 0 Å². The maximum absolute atomic E-state index is 12.4. The summed E-state index contributed by atoms with van der Waals surface area (Å²) >= 11 is 0. The lowest BCUT2D eigenvalue weighted by molar-refractivity contribution is -0.509. The lowest BCUT2D eigenvalue weighted by Crippen LogP contribution is -2.34. The van der Waals surface area contributed by atoms with Gasteiger partial charge in [0, 0.05) is 10.5 Å². The van der Waals surface area contributed by atoms with Gasteiger partial charge in [-0.05, 0) is 39.3 Å². The molecule has 1 rings (SSSR count). The molecular weight excluding hydrogens is 326 g/mol. The summed E-state index contributed by atoms with van der Waals surface area (Å²) in [6, 6.07) is 7.18. The molecule has 0 spiro atoms. The fraction of sp³-hybridized carbons (Fsp3) is 0.444. The molecule has 7 heteroatoms. The van der Waals surface area contributed by atoms with Crippen LogP contribution >= 0.6 is 0 Å². The maximum atomic E-state index is 12.4. The van der Waals surface area contributed by atoms with E-state index in [0.29, 0.717) is 5.56 Å². The zero-order valence-corrected chi connectivity index (χ0v) is 14.9. The molecule has 136 valence electrons. The van der Waals surface area contributed by atoms with Gasteiger partial charge < -0.3 is 9.47 Å². The summed E-state index contributed by atoms with van der Waals surface area (Å²) in [5.41, 5.74) is -0.0499. The molecule has 25 heavy (non-hydrogen) atoms. The van der Waals surface area contributed by atoms with Crippen molar-refractivity contribution in [3.05, 3.63) is 51.6 Å². The van der Waals surface area contributed by atoms with Gasteiger partial charge in [0.1, 0.15) is 5.60 Å². The number of hydrogen-bond acceptors (Lipinski definition) is 6. The van der Waals surface area contributed by atoms with Crippen LogP contribution in [-0.2, 0) is 19.1 Å². The molecule has 0 aliphatic rings. The number of carbonyl (C=O) groups is 2. The Kier molecular flexibility index (Phi) is 7.29. The minimum atomic E-state index is -1.66. The van der Waals surface area contributed by atoms with Gasteiger partial charge in [-0.15, -0.1) is 0 Å². The van der Waals surface area contributed by atoms with Gasteiger partial charge >= 0.3 is 18.0 Å². The fourth-order valence-electron chi connectivity index (χ4n) is 1.99. The molecule has 0 amide bonds. The number of rotatable bonds is 7. The van der Waals surface area contributed by atoms with Gasteiger partial charge in [0.2, 0.25) is 0 Å². The van der Waals surface area contributed by atoms with E-state index in [1.807, 2.05) is 6.07 Å². The second-order valence-electron chi connectivity index (χ2n) is 6.34. The van der Waals surface area contributed by atoms with Crippen molar-refractivity contribution >= 4 is 18.0 Å². The molecule has 0 aliphatic carbocycles. The predicted molar refractivity (Wildman–Crippen MR) is 92.3 cm³/mol. The van der Waals surface area contributed by atoms with Crippen molar-refractivity contribution in [3.63, 3.8) is 0 Å². The highest BCUT2D eigenvalue weighted by Gasteiger charge is 2.35. The lowest BCUT2D eigenvalue weighted by atomic mass is 10.0. The summed E-state index contributed by atoms with van der Waals surface area (Å²) in [5.74, 6) is -1.68. The minimum absolute atomic E-state index is 0.0212. The molecule has 1 aromatic rings. The van der Waals surface area contributed by atoms with E-state index in [0.717, 1.165) is 0 Å². The highest BCUT2D eigenvalue weighted by molar-refractivity contribution is 5.95. The number of nitro groups is 1. The highest BCUT2D eigenvalue weighted by Crippen LogP contribution is 2.19. The summed E-state index contributed by atoms with van der Waals surface area (Å²) in [6.45, 7) is 6.67. The second-order valence-corrected chi connectivity index (χ2v) is 6.34. The van der Waals surface area contributed by atoms with Crippen molar-refractivity contribution in [2.45, 2.75) is 45.8 Å².